The van der Waals surface area contributed by atoms with E-state index < -0.39 is 0 Å². The predicted octanol–water partition coefficient (Wildman–Crippen LogP) is 4.01. The summed E-state index contributed by atoms with van der Waals surface area (Å²) in [6.45, 7) is 0. The average molecular weight is 354 g/mol. The number of nitrogens with one attached hydrogen (secondary N) is 1. The zero-order chi connectivity index (χ0) is 18.6. The number of fused-ring (bicyclic) bond motifs is 1. The van der Waals surface area contributed by atoms with E-state index in [1.807, 2.05) is 18.2 Å². The number of pyridine rings is 3. The van der Waals surface area contributed by atoms with E-state index in [0.29, 0.717) is 45.2 Å². The lowest BCUT2D eigenvalue weighted by Crippen LogP contribution is -2.00. The Morgan fingerprint density at radius 1 is 1.04 bits per heavy atom. The first-order valence-corrected chi connectivity index (χ1v) is 8.13. The lowest BCUT2D eigenvalue weighted by molar-refractivity contribution is 0.485. The molecule has 7 nitrogen and oxygen atoms in total. The number of ether oxygens (including phenoxy) is 1. The van der Waals surface area contributed by atoms with E-state index >= 15 is 0 Å². The molecule has 4 rings (SSSR count). The van der Waals surface area contributed by atoms with Crippen molar-refractivity contribution in [2.75, 3.05) is 11.1 Å². The first-order valence-electron chi connectivity index (χ1n) is 8.13. The molecule has 7 heteroatoms. The smallest absolute Gasteiger partial charge is 0.152 e. The highest BCUT2D eigenvalue weighted by Crippen LogP contribution is 2.36. The van der Waals surface area contributed by atoms with Gasteiger partial charge in [-0.15, -0.1) is 0 Å². The van der Waals surface area contributed by atoms with Crippen molar-refractivity contribution in [2.45, 2.75) is 0 Å². The van der Waals surface area contributed by atoms with Gasteiger partial charge in [-0.1, -0.05) is 6.07 Å². The van der Waals surface area contributed by atoms with E-state index in [1.165, 1.54) is 6.20 Å². The second-order valence-corrected chi connectivity index (χ2v) is 5.69. The molecule has 0 atom stereocenters. The summed E-state index contributed by atoms with van der Waals surface area (Å²) in [5, 5.41) is 13.4. The molecule has 27 heavy (non-hydrogen) atoms. The largest absolute Gasteiger partial charge is 0.455 e. The second kappa shape index (κ2) is 6.98. The zero-order valence-electron chi connectivity index (χ0n) is 14.1. The highest BCUT2D eigenvalue weighted by atomic mass is 16.5. The summed E-state index contributed by atoms with van der Waals surface area (Å²) in [7, 11) is 0. The van der Waals surface area contributed by atoms with Gasteiger partial charge in [0.05, 0.1) is 22.5 Å². The van der Waals surface area contributed by atoms with Crippen molar-refractivity contribution < 1.29 is 4.74 Å². The molecular formula is C20H14N6O. The summed E-state index contributed by atoms with van der Waals surface area (Å²) in [6.07, 6.45) is 6.46. The fourth-order valence-corrected chi connectivity index (χ4v) is 2.64. The highest BCUT2D eigenvalue weighted by Gasteiger charge is 2.13. The Labute approximate surface area is 155 Å². The second-order valence-electron chi connectivity index (χ2n) is 5.69. The van der Waals surface area contributed by atoms with E-state index in [1.54, 1.807) is 42.9 Å². The Balaban J connectivity index is 1.80. The van der Waals surface area contributed by atoms with Crippen LogP contribution in [0, 0.1) is 11.3 Å². The molecule has 0 aliphatic carbocycles. The van der Waals surface area contributed by atoms with E-state index in [-0.39, 0.29) is 0 Å². The minimum absolute atomic E-state index is 0.398. The van der Waals surface area contributed by atoms with Gasteiger partial charge < -0.3 is 15.8 Å². The lowest BCUT2D eigenvalue weighted by Gasteiger charge is -2.14. The molecule has 3 heterocycles. The predicted molar refractivity (Wildman–Crippen MR) is 103 cm³/mol. The number of anilines is 3. The minimum atomic E-state index is 0.398. The van der Waals surface area contributed by atoms with Crippen LogP contribution in [0.2, 0.25) is 0 Å². The Morgan fingerprint density at radius 3 is 2.63 bits per heavy atom. The van der Waals surface area contributed by atoms with E-state index in [4.69, 9.17) is 10.5 Å². The monoisotopic (exact) mass is 354 g/mol. The third-order valence-corrected chi connectivity index (χ3v) is 3.92. The summed E-state index contributed by atoms with van der Waals surface area (Å²) in [6, 6.07) is 14.6. The van der Waals surface area contributed by atoms with Gasteiger partial charge in [0.1, 0.15) is 17.6 Å². The van der Waals surface area contributed by atoms with Gasteiger partial charge in [0, 0.05) is 36.2 Å². The van der Waals surface area contributed by atoms with Gasteiger partial charge >= 0.3 is 0 Å². The SMILES string of the molecule is N#Cc1cnc2cc(Oc3ccncc3)c(N)cc2c1Nc1ccccn1. The summed E-state index contributed by atoms with van der Waals surface area (Å²) in [4.78, 5) is 12.6. The maximum atomic E-state index is 9.46. The van der Waals surface area contributed by atoms with E-state index in [0.717, 1.165) is 0 Å². The molecular weight excluding hydrogens is 340 g/mol. The molecule has 130 valence electrons. The van der Waals surface area contributed by atoms with Crippen LogP contribution in [0.5, 0.6) is 11.5 Å². The molecule has 0 bridgehead atoms. The van der Waals surface area contributed by atoms with Crippen LogP contribution in [0.4, 0.5) is 17.2 Å². The summed E-state index contributed by atoms with van der Waals surface area (Å²) in [5.74, 6) is 1.73. The van der Waals surface area contributed by atoms with Gasteiger partial charge in [0.2, 0.25) is 0 Å². The molecule has 0 radical (unpaired) electrons. The number of nitriles is 1. The number of benzene rings is 1. The quantitative estimate of drug-likeness (QED) is 0.533. The molecule has 0 saturated carbocycles. The van der Waals surface area contributed by atoms with Crippen LogP contribution < -0.4 is 15.8 Å². The topological polar surface area (TPSA) is 110 Å². The molecule has 0 spiro atoms. The van der Waals surface area contributed by atoms with E-state index in [9.17, 15) is 5.26 Å². The zero-order valence-corrected chi connectivity index (χ0v) is 14.1. The Hall–Kier alpha value is -4.18. The van der Waals surface area contributed by atoms with Gasteiger partial charge in [-0.05, 0) is 30.3 Å². The standard InChI is InChI=1S/C20H14N6O/c21-11-13-12-25-17-10-18(27-14-4-7-23-8-5-14)16(22)9-15(17)20(13)26-19-3-1-2-6-24-19/h1-10,12H,22H2,(H,24,25,26). The maximum Gasteiger partial charge on any atom is 0.152 e. The van der Waals surface area contributed by atoms with Crippen LogP contribution in [0.3, 0.4) is 0 Å². The van der Waals surface area contributed by atoms with Crippen LogP contribution in [0.1, 0.15) is 5.56 Å². The molecule has 0 unspecified atom stereocenters. The lowest BCUT2D eigenvalue weighted by atomic mass is 10.1. The number of nitrogens with two attached hydrogens (primary N) is 1. The van der Waals surface area contributed by atoms with Crippen LogP contribution in [0.15, 0.2) is 67.3 Å². The Kier molecular flexibility index (Phi) is 4.21. The number of nitrogens with zero attached hydrogens (tertiary/aromatic N) is 4. The van der Waals surface area contributed by atoms with Crippen molar-refractivity contribution in [3.63, 3.8) is 0 Å². The first kappa shape index (κ1) is 16.3. The third kappa shape index (κ3) is 3.32. The molecule has 1 aromatic carbocycles. The minimum Gasteiger partial charge on any atom is -0.455 e. The van der Waals surface area contributed by atoms with Crippen LogP contribution in [0.25, 0.3) is 10.9 Å². The van der Waals surface area contributed by atoms with Gasteiger partial charge in [0.25, 0.3) is 0 Å². The molecule has 0 saturated heterocycles. The number of rotatable bonds is 4. The average Bonchev–Trinajstić information content (AvgIpc) is 2.71. The molecule has 3 aromatic heterocycles. The van der Waals surface area contributed by atoms with Crippen LogP contribution >= 0.6 is 0 Å². The molecule has 3 N–H and O–H groups in total. The summed E-state index contributed by atoms with van der Waals surface area (Å²) in [5.41, 5.74) is 8.27. The normalized spacial score (nSPS) is 10.3. The number of aromatic nitrogens is 3. The van der Waals surface area contributed by atoms with Gasteiger partial charge in [-0.2, -0.15) is 5.26 Å². The fraction of sp³-hybridized carbons (Fsp3) is 0. The molecule has 0 aliphatic rings. The van der Waals surface area contributed by atoms with Crippen LogP contribution in [-0.2, 0) is 0 Å². The van der Waals surface area contributed by atoms with Crippen molar-refractivity contribution >= 4 is 28.1 Å². The van der Waals surface area contributed by atoms with Gasteiger partial charge in [-0.3, -0.25) is 9.97 Å². The van der Waals surface area contributed by atoms with Gasteiger partial charge in [0.15, 0.2) is 5.75 Å². The Morgan fingerprint density at radius 2 is 1.89 bits per heavy atom. The summed E-state index contributed by atoms with van der Waals surface area (Å²) < 4.78 is 5.83. The van der Waals surface area contributed by atoms with E-state index in [2.05, 4.69) is 26.3 Å². The fourth-order valence-electron chi connectivity index (χ4n) is 2.64. The van der Waals surface area contributed by atoms with Crippen molar-refractivity contribution in [3.8, 4) is 17.6 Å². The molecule has 0 fully saturated rings. The van der Waals surface area contributed by atoms with Crippen molar-refractivity contribution in [3.05, 3.63) is 72.8 Å². The van der Waals surface area contributed by atoms with Gasteiger partial charge in [-0.25, -0.2) is 4.98 Å². The molecule has 0 aliphatic heterocycles. The number of hydrogen-bond donors (Lipinski definition) is 2. The number of hydrogen-bond acceptors (Lipinski definition) is 7. The Bertz CT molecular complexity index is 1140. The van der Waals surface area contributed by atoms with Crippen molar-refractivity contribution in [1.29, 1.82) is 5.26 Å². The highest BCUT2D eigenvalue weighted by molar-refractivity contribution is 5.98. The van der Waals surface area contributed by atoms with Crippen LogP contribution in [-0.4, -0.2) is 15.0 Å². The first-order chi connectivity index (χ1) is 13.2. The third-order valence-electron chi connectivity index (χ3n) is 3.92. The summed E-state index contributed by atoms with van der Waals surface area (Å²) >= 11 is 0. The molecule has 0 amide bonds. The maximum absolute atomic E-state index is 9.46. The molecule has 4 aromatic rings. The van der Waals surface area contributed by atoms with Crippen molar-refractivity contribution in [2.24, 2.45) is 0 Å². The van der Waals surface area contributed by atoms with Crippen molar-refractivity contribution in [1.82, 2.24) is 15.0 Å². The number of nitrogen functional groups attached to an aromatic ring is 1.